The first-order valence-corrected chi connectivity index (χ1v) is 11.9. The molecule has 0 spiro atoms. The van der Waals surface area contributed by atoms with Gasteiger partial charge in [-0.15, -0.1) is 0 Å². The number of pyridine rings is 1. The topological polar surface area (TPSA) is 89.5 Å². The van der Waals surface area contributed by atoms with Gasteiger partial charge < -0.3 is 20.3 Å². The van der Waals surface area contributed by atoms with Gasteiger partial charge in [0.1, 0.15) is 17.2 Å². The largest absolute Gasteiger partial charge is 0.457 e. The van der Waals surface area contributed by atoms with Gasteiger partial charge in [-0.3, -0.25) is 14.5 Å². The summed E-state index contributed by atoms with van der Waals surface area (Å²) in [5, 5.41) is 5.93. The number of nitrogens with two attached hydrogens (primary N) is 1. The fraction of sp³-hybridized carbons (Fsp3) is 0.296. The number of para-hydroxylation sites is 1. The number of hydrogen-bond acceptors (Lipinski definition) is 6. The minimum atomic E-state index is 0.170. The minimum absolute atomic E-state index is 0.170. The molecule has 1 saturated heterocycles. The summed E-state index contributed by atoms with van der Waals surface area (Å²) in [5.41, 5.74) is 9.70. The first-order valence-electron chi connectivity index (χ1n) is 11.9. The van der Waals surface area contributed by atoms with Crippen LogP contribution >= 0.6 is 0 Å². The second-order valence-corrected chi connectivity index (χ2v) is 9.21. The van der Waals surface area contributed by atoms with E-state index in [9.17, 15) is 4.79 Å². The van der Waals surface area contributed by atoms with Crippen molar-refractivity contribution in [2.45, 2.75) is 18.9 Å². The molecule has 0 unspecified atom stereocenters. The summed E-state index contributed by atoms with van der Waals surface area (Å²) < 4.78 is 7.99. The van der Waals surface area contributed by atoms with Crippen molar-refractivity contribution >= 4 is 22.5 Å². The summed E-state index contributed by atoms with van der Waals surface area (Å²) >= 11 is 0. The molecule has 3 heterocycles. The van der Waals surface area contributed by atoms with Crippen molar-refractivity contribution in [1.29, 1.82) is 0 Å². The highest BCUT2D eigenvalue weighted by atomic mass is 16.5. The predicted octanol–water partition coefficient (Wildman–Crippen LogP) is 4.20. The van der Waals surface area contributed by atoms with Crippen molar-refractivity contribution in [1.82, 2.24) is 24.6 Å². The Kier molecular flexibility index (Phi) is 6.37. The molecule has 0 aliphatic carbocycles. The van der Waals surface area contributed by atoms with Crippen molar-refractivity contribution in [2.24, 2.45) is 0 Å². The fourth-order valence-electron chi connectivity index (χ4n) is 4.62. The van der Waals surface area contributed by atoms with E-state index in [1.165, 1.54) is 0 Å². The van der Waals surface area contributed by atoms with Crippen molar-refractivity contribution < 1.29 is 9.53 Å². The normalized spacial score (nSPS) is 14.5. The van der Waals surface area contributed by atoms with E-state index in [0.717, 1.165) is 59.6 Å². The maximum atomic E-state index is 12.5. The highest BCUT2D eigenvalue weighted by Crippen LogP contribution is 2.36. The van der Waals surface area contributed by atoms with Gasteiger partial charge in [-0.2, -0.15) is 5.10 Å². The van der Waals surface area contributed by atoms with Crippen molar-refractivity contribution in [3.8, 4) is 22.8 Å². The minimum Gasteiger partial charge on any atom is -0.457 e. The summed E-state index contributed by atoms with van der Waals surface area (Å²) in [5.74, 6) is 1.72. The number of piperidine rings is 1. The second kappa shape index (κ2) is 9.76. The van der Waals surface area contributed by atoms with Crippen molar-refractivity contribution in [2.75, 3.05) is 39.5 Å². The van der Waals surface area contributed by atoms with E-state index in [1.54, 1.807) is 6.20 Å². The Bertz CT molecular complexity index is 1310. The van der Waals surface area contributed by atoms with Gasteiger partial charge in [-0.1, -0.05) is 18.2 Å². The third-order valence-electron chi connectivity index (χ3n) is 6.37. The highest BCUT2D eigenvalue weighted by molar-refractivity contribution is 6.01. The summed E-state index contributed by atoms with van der Waals surface area (Å²) in [6, 6.07) is 17.8. The number of aromatic nitrogens is 3. The van der Waals surface area contributed by atoms with E-state index >= 15 is 0 Å². The number of anilines is 1. The van der Waals surface area contributed by atoms with Crippen LogP contribution in [0.2, 0.25) is 0 Å². The van der Waals surface area contributed by atoms with Gasteiger partial charge in [0.15, 0.2) is 0 Å². The number of fused-ring (bicyclic) bond motifs is 1. The van der Waals surface area contributed by atoms with Gasteiger partial charge >= 0.3 is 0 Å². The van der Waals surface area contributed by atoms with Crippen LogP contribution in [0.25, 0.3) is 22.2 Å². The molecule has 1 aliphatic heterocycles. The second-order valence-electron chi connectivity index (χ2n) is 9.21. The Labute approximate surface area is 204 Å². The van der Waals surface area contributed by atoms with Crippen LogP contribution < -0.4 is 10.5 Å². The zero-order chi connectivity index (χ0) is 24.4. The predicted molar refractivity (Wildman–Crippen MR) is 137 cm³/mol. The highest BCUT2D eigenvalue weighted by Gasteiger charge is 2.27. The number of benzene rings is 2. The summed E-state index contributed by atoms with van der Waals surface area (Å²) in [6.07, 6.45) is 5.19. The number of likely N-dealkylation sites (N-methyl/N-ethyl adjacent to an activating group) is 1. The SMILES string of the molecule is CN(C)CC(=O)N1CCC(n2nc(-c3ccc(Oc4ccccc4)cc3)c3c(N)cncc32)CC1. The molecule has 4 aromatic rings. The number of carbonyl (C=O) groups excluding carboxylic acids is 1. The van der Waals surface area contributed by atoms with E-state index < -0.39 is 0 Å². The van der Waals surface area contributed by atoms with Crippen LogP contribution in [0.3, 0.4) is 0 Å². The molecule has 0 atom stereocenters. The third-order valence-corrected chi connectivity index (χ3v) is 6.37. The number of hydrogen-bond donors (Lipinski definition) is 1. The maximum absolute atomic E-state index is 12.5. The molecule has 1 fully saturated rings. The maximum Gasteiger partial charge on any atom is 0.236 e. The number of amides is 1. The Morgan fingerprint density at radius 1 is 1.03 bits per heavy atom. The van der Waals surface area contributed by atoms with Crippen LogP contribution in [-0.2, 0) is 4.79 Å². The average molecular weight is 471 g/mol. The standard InChI is InChI=1S/C27H30N6O2/c1-31(2)18-25(34)32-14-12-20(13-15-32)33-24-17-29-16-23(28)26(24)27(30-33)19-8-10-22(11-9-19)35-21-6-4-3-5-7-21/h3-11,16-17,20H,12-15,18,28H2,1-2H3. The molecule has 2 aromatic heterocycles. The van der Waals surface area contributed by atoms with Crippen molar-refractivity contribution in [3.05, 3.63) is 67.0 Å². The van der Waals surface area contributed by atoms with Crippen LogP contribution in [0.15, 0.2) is 67.0 Å². The Morgan fingerprint density at radius 2 is 1.71 bits per heavy atom. The average Bonchev–Trinajstić information content (AvgIpc) is 3.26. The van der Waals surface area contributed by atoms with E-state index in [2.05, 4.69) is 9.67 Å². The molecule has 8 heteroatoms. The molecule has 1 aliphatic rings. The zero-order valence-electron chi connectivity index (χ0n) is 20.1. The lowest BCUT2D eigenvalue weighted by atomic mass is 10.0. The van der Waals surface area contributed by atoms with Crippen LogP contribution in [0.5, 0.6) is 11.5 Å². The fourth-order valence-corrected chi connectivity index (χ4v) is 4.62. The van der Waals surface area contributed by atoms with Gasteiger partial charge in [-0.05, 0) is 63.3 Å². The number of rotatable bonds is 6. The van der Waals surface area contributed by atoms with E-state index in [0.29, 0.717) is 12.2 Å². The molecule has 0 saturated carbocycles. The number of nitrogens with zero attached hydrogens (tertiary/aromatic N) is 5. The van der Waals surface area contributed by atoms with E-state index in [-0.39, 0.29) is 11.9 Å². The van der Waals surface area contributed by atoms with Gasteiger partial charge in [0.05, 0.1) is 41.6 Å². The lowest BCUT2D eigenvalue weighted by Crippen LogP contribution is -2.43. The summed E-state index contributed by atoms with van der Waals surface area (Å²) in [7, 11) is 3.83. The lowest BCUT2D eigenvalue weighted by Gasteiger charge is -2.33. The van der Waals surface area contributed by atoms with Crippen LogP contribution in [0.1, 0.15) is 18.9 Å². The monoisotopic (exact) mass is 470 g/mol. The Hall–Kier alpha value is -3.91. The van der Waals surface area contributed by atoms with Crippen LogP contribution in [0, 0.1) is 0 Å². The van der Waals surface area contributed by atoms with Gasteiger partial charge in [0.25, 0.3) is 0 Å². The molecular formula is C27H30N6O2. The molecule has 180 valence electrons. The molecule has 1 amide bonds. The van der Waals surface area contributed by atoms with Gasteiger partial charge in [-0.25, -0.2) is 0 Å². The first-order chi connectivity index (χ1) is 17.0. The number of carbonyl (C=O) groups is 1. The van der Waals surface area contributed by atoms with Crippen LogP contribution in [0.4, 0.5) is 5.69 Å². The van der Waals surface area contributed by atoms with Crippen molar-refractivity contribution in [3.63, 3.8) is 0 Å². The molecule has 2 N–H and O–H groups in total. The number of ether oxygens (including phenoxy) is 1. The lowest BCUT2D eigenvalue weighted by molar-refractivity contribution is -0.133. The third kappa shape index (κ3) is 4.83. The van der Waals surface area contributed by atoms with Gasteiger partial charge in [0, 0.05) is 18.7 Å². The first kappa shape index (κ1) is 22.9. The Balaban J connectivity index is 1.40. The molecular weight excluding hydrogens is 440 g/mol. The zero-order valence-corrected chi connectivity index (χ0v) is 20.1. The van der Waals surface area contributed by atoms with E-state index in [1.807, 2.05) is 84.7 Å². The summed E-state index contributed by atoms with van der Waals surface area (Å²) in [4.78, 5) is 20.7. The number of nitrogen functional groups attached to an aromatic ring is 1. The number of likely N-dealkylation sites (tertiary alicyclic amines) is 1. The molecule has 0 bridgehead atoms. The van der Waals surface area contributed by atoms with Gasteiger partial charge in [0.2, 0.25) is 5.91 Å². The molecule has 5 rings (SSSR count). The Morgan fingerprint density at radius 3 is 2.40 bits per heavy atom. The molecule has 2 aromatic carbocycles. The molecule has 8 nitrogen and oxygen atoms in total. The van der Waals surface area contributed by atoms with Crippen LogP contribution in [-0.4, -0.2) is 64.2 Å². The smallest absolute Gasteiger partial charge is 0.236 e. The van der Waals surface area contributed by atoms with E-state index in [4.69, 9.17) is 15.6 Å². The molecule has 35 heavy (non-hydrogen) atoms. The quantitative estimate of drug-likeness (QED) is 0.454. The summed E-state index contributed by atoms with van der Waals surface area (Å²) in [6.45, 7) is 1.87. The molecule has 0 radical (unpaired) electrons.